The Kier molecular flexibility index (Phi) is 4.83. The van der Waals surface area contributed by atoms with E-state index in [1.54, 1.807) is 6.92 Å². The molecule has 2 aromatic rings. The number of phenolic OH excluding ortho intramolecular Hbond substituents is 1. The van der Waals surface area contributed by atoms with Gasteiger partial charge in [0.2, 0.25) is 5.82 Å². The molecule has 23 heavy (non-hydrogen) atoms. The number of benzene rings is 2. The average molecular weight is 330 g/mol. The molecule has 0 bridgehead atoms. The number of rotatable bonds is 4. The Morgan fingerprint density at radius 2 is 1.39 bits per heavy atom. The van der Waals surface area contributed by atoms with Crippen LogP contribution in [-0.2, 0) is 0 Å². The van der Waals surface area contributed by atoms with Gasteiger partial charge in [-0.05, 0) is 36.2 Å². The van der Waals surface area contributed by atoms with Crippen LogP contribution in [0.25, 0.3) is 0 Å². The molecule has 2 N–H and O–H groups in total. The second-order valence-electron chi connectivity index (χ2n) is 4.52. The van der Waals surface area contributed by atoms with E-state index < -0.39 is 34.8 Å². The van der Waals surface area contributed by atoms with Gasteiger partial charge >= 0.3 is 0 Å². The highest BCUT2D eigenvalue weighted by Gasteiger charge is 2.25. The van der Waals surface area contributed by atoms with E-state index in [2.05, 4.69) is 5.10 Å². The summed E-state index contributed by atoms with van der Waals surface area (Å²) >= 11 is 0. The summed E-state index contributed by atoms with van der Waals surface area (Å²) in [5.74, 6) is -10.3. The maximum Gasteiger partial charge on any atom is 0.200 e. The fourth-order valence-electron chi connectivity index (χ4n) is 1.83. The van der Waals surface area contributed by atoms with Gasteiger partial charge in [-0.3, -0.25) is 5.43 Å². The van der Waals surface area contributed by atoms with E-state index in [1.165, 1.54) is 24.3 Å². The molecular weight excluding hydrogens is 319 g/mol. The van der Waals surface area contributed by atoms with Crippen molar-refractivity contribution in [2.45, 2.75) is 13.3 Å². The van der Waals surface area contributed by atoms with Crippen molar-refractivity contribution in [3.05, 3.63) is 58.9 Å². The highest BCUT2D eigenvalue weighted by atomic mass is 19.2. The largest absolute Gasteiger partial charge is 0.508 e. The molecule has 0 fully saturated rings. The van der Waals surface area contributed by atoms with Gasteiger partial charge in [0.05, 0.1) is 5.71 Å². The van der Waals surface area contributed by atoms with Crippen LogP contribution in [-0.4, -0.2) is 10.8 Å². The maximum absolute atomic E-state index is 13.5. The lowest BCUT2D eigenvalue weighted by molar-refractivity contribution is 0.381. The van der Waals surface area contributed by atoms with Gasteiger partial charge in [0, 0.05) is 0 Å². The van der Waals surface area contributed by atoms with E-state index in [0.29, 0.717) is 17.7 Å². The highest BCUT2D eigenvalue weighted by Crippen LogP contribution is 2.27. The number of hydrogen-bond donors (Lipinski definition) is 2. The van der Waals surface area contributed by atoms with Crippen molar-refractivity contribution in [2.75, 3.05) is 5.43 Å². The zero-order chi connectivity index (χ0) is 17.1. The molecular formula is C15H11F5N2O. The third-order valence-electron chi connectivity index (χ3n) is 3.05. The van der Waals surface area contributed by atoms with Gasteiger partial charge in [0.1, 0.15) is 11.4 Å². The first-order chi connectivity index (χ1) is 10.9. The van der Waals surface area contributed by atoms with Crippen LogP contribution in [0.4, 0.5) is 27.6 Å². The zero-order valence-electron chi connectivity index (χ0n) is 11.8. The number of nitrogens with one attached hydrogen (secondary N) is 1. The van der Waals surface area contributed by atoms with Crippen LogP contribution in [0, 0.1) is 29.1 Å². The topological polar surface area (TPSA) is 44.6 Å². The summed E-state index contributed by atoms with van der Waals surface area (Å²) in [6, 6.07) is 5.74. The highest BCUT2D eigenvalue weighted by molar-refractivity contribution is 6.00. The van der Waals surface area contributed by atoms with Gasteiger partial charge in [-0.1, -0.05) is 6.92 Å². The molecule has 8 heteroatoms. The Morgan fingerprint density at radius 1 is 0.913 bits per heavy atom. The minimum atomic E-state index is -2.23. The second-order valence-corrected chi connectivity index (χ2v) is 4.52. The average Bonchev–Trinajstić information content (AvgIpc) is 2.55. The van der Waals surface area contributed by atoms with E-state index in [1.807, 2.05) is 5.43 Å². The molecule has 0 unspecified atom stereocenters. The summed E-state index contributed by atoms with van der Waals surface area (Å²) in [5.41, 5.74) is 1.47. The zero-order valence-corrected chi connectivity index (χ0v) is 11.8. The Bertz CT molecular complexity index is 730. The van der Waals surface area contributed by atoms with Crippen molar-refractivity contribution in [3.63, 3.8) is 0 Å². The molecule has 0 heterocycles. The Hall–Kier alpha value is -2.64. The third kappa shape index (κ3) is 3.25. The molecule has 0 aliphatic heterocycles. The number of phenols is 1. The van der Waals surface area contributed by atoms with Gasteiger partial charge in [-0.15, -0.1) is 0 Å². The number of aromatic hydroxyl groups is 1. The van der Waals surface area contributed by atoms with Crippen molar-refractivity contribution in [3.8, 4) is 5.75 Å². The molecule has 0 saturated carbocycles. The summed E-state index contributed by atoms with van der Waals surface area (Å²) < 4.78 is 66.2. The van der Waals surface area contributed by atoms with Crippen molar-refractivity contribution in [1.82, 2.24) is 0 Å². The van der Waals surface area contributed by atoms with Crippen LogP contribution < -0.4 is 5.43 Å². The summed E-state index contributed by atoms with van der Waals surface area (Å²) in [7, 11) is 0. The number of halogens is 5. The lowest BCUT2D eigenvalue weighted by Crippen LogP contribution is -2.09. The molecule has 0 atom stereocenters. The van der Waals surface area contributed by atoms with E-state index in [0.717, 1.165) is 0 Å². The van der Waals surface area contributed by atoms with Crippen LogP contribution in [0.1, 0.15) is 18.9 Å². The molecule has 0 aliphatic rings. The van der Waals surface area contributed by atoms with Gasteiger partial charge in [0.15, 0.2) is 23.3 Å². The van der Waals surface area contributed by atoms with E-state index in [-0.39, 0.29) is 5.75 Å². The van der Waals surface area contributed by atoms with Gasteiger partial charge in [0.25, 0.3) is 0 Å². The number of hydrogen-bond acceptors (Lipinski definition) is 3. The normalized spacial score (nSPS) is 11.7. The molecule has 0 saturated heterocycles. The minimum absolute atomic E-state index is 0.0110. The Labute approximate surface area is 128 Å². The molecule has 0 aliphatic carbocycles. The van der Waals surface area contributed by atoms with Crippen LogP contribution in [0.15, 0.2) is 29.4 Å². The van der Waals surface area contributed by atoms with E-state index in [9.17, 15) is 27.1 Å². The fraction of sp³-hybridized carbons (Fsp3) is 0.133. The lowest BCUT2D eigenvalue weighted by atomic mass is 10.1. The SMILES string of the molecule is CC/C(=N\Nc1c(F)c(F)c(F)c(F)c1F)c1ccc(O)cc1. The first-order valence-electron chi connectivity index (χ1n) is 6.50. The van der Waals surface area contributed by atoms with Gasteiger partial charge in [-0.2, -0.15) is 5.10 Å². The summed E-state index contributed by atoms with van der Waals surface area (Å²) in [5, 5.41) is 12.9. The van der Waals surface area contributed by atoms with Crippen LogP contribution >= 0.6 is 0 Å². The molecule has 2 rings (SSSR count). The fourth-order valence-corrected chi connectivity index (χ4v) is 1.83. The van der Waals surface area contributed by atoms with E-state index >= 15 is 0 Å². The van der Waals surface area contributed by atoms with Crippen molar-refractivity contribution in [1.29, 1.82) is 0 Å². The first kappa shape index (κ1) is 16.7. The van der Waals surface area contributed by atoms with E-state index in [4.69, 9.17) is 0 Å². The molecule has 3 nitrogen and oxygen atoms in total. The van der Waals surface area contributed by atoms with Crippen LogP contribution in [0.3, 0.4) is 0 Å². The number of hydrazone groups is 1. The standard InChI is InChI=1S/C15H11F5N2O/c1-2-9(7-3-5-8(23)6-4-7)21-22-15-13(19)11(17)10(16)12(18)14(15)20/h3-6,22-23H,2H2,1H3/b21-9+. The Morgan fingerprint density at radius 3 is 1.87 bits per heavy atom. The molecule has 122 valence electrons. The molecule has 0 aromatic heterocycles. The number of nitrogens with zero attached hydrogens (tertiary/aromatic N) is 1. The monoisotopic (exact) mass is 330 g/mol. The predicted molar refractivity (Wildman–Crippen MR) is 74.8 cm³/mol. The molecule has 0 amide bonds. The lowest BCUT2D eigenvalue weighted by Gasteiger charge is -2.09. The van der Waals surface area contributed by atoms with Crippen LogP contribution in [0.5, 0.6) is 5.75 Å². The van der Waals surface area contributed by atoms with Crippen molar-refractivity contribution in [2.24, 2.45) is 5.10 Å². The smallest absolute Gasteiger partial charge is 0.200 e. The summed E-state index contributed by atoms with van der Waals surface area (Å²) in [4.78, 5) is 0. The minimum Gasteiger partial charge on any atom is -0.508 e. The summed E-state index contributed by atoms with van der Waals surface area (Å²) in [6.45, 7) is 1.69. The summed E-state index contributed by atoms with van der Waals surface area (Å²) in [6.07, 6.45) is 0.313. The van der Waals surface area contributed by atoms with Gasteiger partial charge < -0.3 is 5.11 Å². The number of anilines is 1. The van der Waals surface area contributed by atoms with Gasteiger partial charge in [-0.25, -0.2) is 22.0 Å². The van der Waals surface area contributed by atoms with Crippen molar-refractivity contribution < 1.29 is 27.1 Å². The second kappa shape index (κ2) is 6.64. The quantitative estimate of drug-likeness (QED) is 0.288. The molecule has 0 spiro atoms. The van der Waals surface area contributed by atoms with Crippen LogP contribution in [0.2, 0.25) is 0 Å². The Balaban J connectivity index is 2.40. The maximum atomic E-state index is 13.5. The van der Waals surface area contributed by atoms with Crippen molar-refractivity contribution >= 4 is 11.4 Å². The third-order valence-corrected chi connectivity index (χ3v) is 3.05. The first-order valence-corrected chi connectivity index (χ1v) is 6.50. The predicted octanol–water partition coefficient (Wildman–Crippen LogP) is 4.31. The molecule has 0 radical (unpaired) electrons. The molecule has 2 aromatic carbocycles.